The quantitative estimate of drug-likeness (QED) is 0.858. The summed E-state index contributed by atoms with van der Waals surface area (Å²) in [6.45, 7) is 0.564. The van der Waals surface area contributed by atoms with Crippen molar-refractivity contribution in [3.05, 3.63) is 40.5 Å². The molecule has 3 N–H and O–H groups in total. The molecule has 0 spiro atoms. The van der Waals surface area contributed by atoms with Crippen molar-refractivity contribution in [2.75, 3.05) is 0 Å². The molecule has 0 radical (unpaired) electrons. The van der Waals surface area contributed by atoms with Gasteiger partial charge in [-0.05, 0) is 12.1 Å². The lowest BCUT2D eigenvalue weighted by Crippen LogP contribution is -2.22. The molecule has 0 saturated carbocycles. The number of hydrogen-bond acceptors (Lipinski definition) is 5. The number of sulfonamides is 1. The van der Waals surface area contributed by atoms with E-state index in [9.17, 15) is 8.42 Å². The van der Waals surface area contributed by atoms with Crippen molar-refractivity contribution >= 4 is 21.4 Å². The van der Waals surface area contributed by atoms with Crippen LogP contribution in [0.5, 0.6) is 0 Å². The van der Waals surface area contributed by atoms with E-state index < -0.39 is 10.0 Å². The third-order valence-corrected chi connectivity index (χ3v) is 4.68. The maximum absolute atomic E-state index is 11.9. The predicted octanol–water partition coefficient (Wildman–Crippen LogP) is 1.28. The fourth-order valence-corrected chi connectivity index (χ4v) is 3.44. The molecule has 0 aliphatic rings. The number of furan rings is 1. The third-order valence-electron chi connectivity index (χ3n) is 2.19. The Morgan fingerprint density at radius 1 is 1.47 bits per heavy atom. The molecular formula is C10H12N2O3S2. The van der Waals surface area contributed by atoms with Crippen LogP contribution in [0.25, 0.3) is 0 Å². The number of rotatable bonds is 5. The first kappa shape index (κ1) is 12.3. The molecule has 2 heterocycles. The van der Waals surface area contributed by atoms with Gasteiger partial charge in [-0.2, -0.15) is 0 Å². The summed E-state index contributed by atoms with van der Waals surface area (Å²) < 4.78 is 31.1. The fourth-order valence-electron chi connectivity index (χ4n) is 1.26. The second-order valence-electron chi connectivity index (χ2n) is 3.41. The Morgan fingerprint density at radius 3 is 2.88 bits per heavy atom. The summed E-state index contributed by atoms with van der Waals surface area (Å²) in [7, 11) is -3.46. The minimum Gasteiger partial charge on any atom is -0.472 e. The highest BCUT2D eigenvalue weighted by Crippen LogP contribution is 2.18. The zero-order valence-electron chi connectivity index (χ0n) is 8.92. The van der Waals surface area contributed by atoms with Gasteiger partial charge in [0.1, 0.15) is 0 Å². The first-order valence-electron chi connectivity index (χ1n) is 4.90. The van der Waals surface area contributed by atoms with Crippen LogP contribution < -0.4 is 10.5 Å². The molecule has 5 nitrogen and oxygen atoms in total. The number of thiophene rings is 1. The Kier molecular flexibility index (Phi) is 3.63. The molecule has 0 aliphatic carbocycles. The summed E-state index contributed by atoms with van der Waals surface area (Å²) in [5.74, 6) is 0. The van der Waals surface area contributed by atoms with Gasteiger partial charge in [0.05, 0.1) is 17.4 Å². The largest absolute Gasteiger partial charge is 0.472 e. The van der Waals surface area contributed by atoms with Crippen LogP contribution in [-0.2, 0) is 23.1 Å². The number of nitrogens with one attached hydrogen (secondary N) is 1. The van der Waals surface area contributed by atoms with Gasteiger partial charge in [-0.15, -0.1) is 11.3 Å². The maximum Gasteiger partial charge on any atom is 0.241 e. The van der Waals surface area contributed by atoms with Gasteiger partial charge >= 0.3 is 0 Å². The van der Waals surface area contributed by atoms with E-state index in [2.05, 4.69) is 4.72 Å². The van der Waals surface area contributed by atoms with Crippen LogP contribution in [-0.4, -0.2) is 8.42 Å². The average Bonchev–Trinajstić information content (AvgIpc) is 2.98. The highest BCUT2D eigenvalue weighted by Gasteiger charge is 2.15. The van der Waals surface area contributed by atoms with Crippen LogP contribution >= 0.6 is 11.3 Å². The second kappa shape index (κ2) is 5.01. The minimum atomic E-state index is -3.46. The Morgan fingerprint density at radius 2 is 2.29 bits per heavy atom. The van der Waals surface area contributed by atoms with Crippen molar-refractivity contribution in [2.45, 2.75) is 18.0 Å². The van der Waals surface area contributed by atoms with Crippen LogP contribution in [0.3, 0.4) is 0 Å². The van der Waals surface area contributed by atoms with Crippen LogP contribution in [0.15, 0.2) is 39.4 Å². The van der Waals surface area contributed by atoms with Gasteiger partial charge in [-0.1, -0.05) is 0 Å². The van der Waals surface area contributed by atoms with Crippen LogP contribution in [0.4, 0.5) is 0 Å². The maximum atomic E-state index is 11.9. The average molecular weight is 272 g/mol. The van der Waals surface area contributed by atoms with E-state index in [1.54, 1.807) is 17.5 Å². The normalized spacial score (nSPS) is 11.8. The van der Waals surface area contributed by atoms with E-state index in [1.807, 2.05) is 0 Å². The molecule has 7 heteroatoms. The van der Waals surface area contributed by atoms with Crippen molar-refractivity contribution in [3.63, 3.8) is 0 Å². The lowest BCUT2D eigenvalue weighted by Gasteiger charge is -2.02. The molecule has 0 aliphatic heterocycles. The van der Waals surface area contributed by atoms with Crippen LogP contribution in [0.1, 0.15) is 10.4 Å². The highest BCUT2D eigenvalue weighted by molar-refractivity contribution is 7.89. The van der Waals surface area contributed by atoms with Gasteiger partial charge in [-0.25, -0.2) is 13.1 Å². The van der Waals surface area contributed by atoms with Crippen molar-refractivity contribution in [1.82, 2.24) is 4.72 Å². The van der Waals surface area contributed by atoms with E-state index in [4.69, 9.17) is 10.2 Å². The lowest BCUT2D eigenvalue weighted by molar-refractivity contribution is 0.561. The van der Waals surface area contributed by atoms with Crippen molar-refractivity contribution < 1.29 is 12.8 Å². The van der Waals surface area contributed by atoms with E-state index in [0.717, 1.165) is 10.4 Å². The summed E-state index contributed by atoms with van der Waals surface area (Å²) in [6, 6.07) is 3.30. The zero-order chi connectivity index (χ0) is 12.3. The molecule has 0 atom stereocenters. The summed E-state index contributed by atoms with van der Waals surface area (Å²) in [5, 5.41) is 1.58. The van der Waals surface area contributed by atoms with Gasteiger partial charge in [0.25, 0.3) is 0 Å². The molecule has 0 fully saturated rings. The molecule has 17 heavy (non-hydrogen) atoms. The Bertz CT molecular complexity index is 572. The summed E-state index contributed by atoms with van der Waals surface area (Å²) in [5.41, 5.74) is 6.22. The van der Waals surface area contributed by atoms with Crippen LogP contribution in [0.2, 0.25) is 0 Å². The number of nitrogens with two attached hydrogens (primary N) is 1. The van der Waals surface area contributed by atoms with Gasteiger partial charge in [0, 0.05) is 28.9 Å². The first-order chi connectivity index (χ1) is 8.12. The van der Waals surface area contributed by atoms with Crippen molar-refractivity contribution in [2.24, 2.45) is 5.73 Å². The number of hydrogen-bond donors (Lipinski definition) is 2. The zero-order valence-corrected chi connectivity index (χ0v) is 10.6. The monoisotopic (exact) mass is 272 g/mol. The van der Waals surface area contributed by atoms with Gasteiger partial charge in [0.2, 0.25) is 10.0 Å². The topological polar surface area (TPSA) is 85.3 Å². The van der Waals surface area contributed by atoms with E-state index in [0.29, 0.717) is 6.54 Å². The standard InChI is InChI=1S/C10H12N2O3S2/c11-4-9-3-10(7-16-9)17(13,14)12-5-8-1-2-15-6-8/h1-3,6-7,12H,4-5,11H2. The molecule has 0 unspecified atom stereocenters. The molecule has 92 valence electrons. The fraction of sp³-hybridized carbons (Fsp3) is 0.200. The molecule has 0 amide bonds. The molecule has 0 bridgehead atoms. The summed E-state index contributed by atoms with van der Waals surface area (Å²) >= 11 is 1.34. The summed E-state index contributed by atoms with van der Waals surface area (Å²) in [6.07, 6.45) is 3.00. The Balaban J connectivity index is 2.08. The molecule has 2 rings (SSSR count). The Labute approximate surface area is 103 Å². The third kappa shape index (κ3) is 2.95. The van der Waals surface area contributed by atoms with Crippen LogP contribution in [0, 0.1) is 0 Å². The molecule has 0 saturated heterocycles. The molecule has 2 aromatic heterocycles. The van der Waals surface area contributed by atoms with Gasteiger partial charge in [-0.3, -0.25) is 0 Å². The van der Waals surface area contributed by atoms with E-state index in [-0.39, 0.29) is 11.4 Å². The smallest absolute Gasteiger partial charge is 0.241 e. The molecule has 2 aromatic rings. The second-order valence-corrected chi connectivity index (χ2v) is 6.17. The predicted molar refractivity (Wildman–Crippen MR) is 64.9 cm³/mol. The van der Waals surface area contributed by atoms with E-state index >= 15 is 0 Å². The lowest BCUT2D eigenvalue weighted by atomic mass is 10.4. The van der Waals surface area contributed by atoms with Gasteiger partial charge in [0.15, 0.2) is 0 Å². The first-order valence-corrected chi connectivity index (χ1v) is 7.26. The molecular weight excluding hydrogens is 260 g/mol. The minimum absolute atomic E-state index is 0.215. The highest BCUT2D eigenvalue weighted by atomic mass is 32.2. The van der Waals surface area contributed by atoms with E-state index in [1.165, 1.54) is 23.9 Å². The van der Waals surface area contributed by atoms with Gasteiger partial charge < -0.3 is 10.2 Å². The van der Waals surface area contributed by atoms with Crippen molar-refractivity contribution in [3.8, 4) is 0 Å². The summed E-state index contributed by atoms with van der Waals surface area (Å²) in [4.78, 5) is 1.10. The SMILES string of the molecule is NCc1cc(S(=O)(=O)NCc2ccoc2)cs1. The molecule has 0 aromatic carbocycles. The van der Waals surface area contributed by atoms with Crippen molar-refractivity contribution in [1.29, 1.82) is 0 Å². The Hall–Kier alpha value is -1.15.